The van der Waals surface area contributed by atoms with Crippen LogP contribution < -0.4 is 5.32 Å². The van der Waals surface area contributed by atoms with E-state index >= 15 is 0 Å². The minimum Gasteiger partial charge on any atom is -0.316 e. The van der Waals surface area contributed by atoms with Gasteiger partial charge in [-0.05, 0) is 43.5 Å². The van der Waals surface area contributed by atoms with Gasteiger partial charge in [0, 0.05) is 10.6 Å². The van der Waals surface area contributed by atoms with Crippen LogP contribution in [-0.4, -0.2) is 13.1 Å². The average molecular weight is 258 g/mol. The van der Waals surface area contributed by atoms with Crippen LogP contribution in [0, 0.1) is 17.7 Å². The van der Waals surface area contributed by atoms with Crippen molar-refractivity contribution in [2.45, 2.75) is 27.2 Å². The normalized spacial score (nSPS) is 13.1. The van der Waals surface area contributed by atoms with Gasteiger partial charge < -0.3 is 5.32 Å². The summed E-state index contributed by atoms with van der Waals surface area (Å²) in [6, 6.07) is 4.85. The smallest absolute Gasteiger partial charge is 0.127 e. The fourth-order valence-corrected chi connectivity index (χ4v) is 2.01. The summed E-state index contributed by atoms with van der Waals surface area (Å²) in [6.45, 7) is 8.34. The highest BCUT2D eigenvalue weighted by atomic mass is 35.5. The van der Waals surface area contributed by atoms with Crippen molar-refractivity contribution in [2.75, 3.05) is 13.1 Å². The fraction of sp³-hybridized carbons (Fsp3) is 0.571. The molecule has 0 aromatic heterocycles. The van der Waals surface area contributed by atoms with Gasteiger partial charge in [-0.3, -0.25) is 0 Å². The van der Waals surface area contributed by atoms with Gasteiger partial charge >= 0.3 is 0 Å². The van der Waals surface area contributed by atoms with Crippen LogP contribution in [-0.2, 0) is 6.42 Å². The van der Waals surface area contributed by atoms with Crippen molar-refractivity contribution >= 4 is 11.6 Å². The number of nitrogens with one attached hydrogen (secondary N) is 1. The molecule has 1 unspecified atom stereocenters. The summed E-state index contributed by atoms with van der Waals surface area (Å²) in [5, 5.41) is 3.91. The Morgan fingerprint density at radius 2 is 1.94 bits per heavy atom. The van der Waals surface area contributed by atoms with Crippen LogP contribution in [0.15, 0.2) is 18.2 Å². The van der Waals surface area contributed by atoms with Gasteiger partial charge in [0.1, 0.15) is 5.82 Å². The second-order valence-corrected chi connectivity index (χ2v) is 5.47. The number of rotatable bonds is 6. The molecule has 1 aromatic rings. The van der Waals surface area contributed by atoms with Crippen molar-refractivity contribution in [1.82, 2.24) is 5.32 Å². The first kappa shape index (κ1) is 14.5. The standard InChI is InChI=1S/C14H21ClFN/c1-10(2)8-17-9-11(3)7-12-13(15)5-4-6-14(12)16/h4-6,10-11,17H,7-9H2,1-3H3. The monoisotopic (exact) mass is 257 g/mol. The van der Waals surface area contributed by atoms with Crippen LogP contribution in [0.1, 0.15) is 26.3 Å². The predicted molar refractivity (Wildman–Crippen MR) is 72.0 cm³/mol. The SMILES string of the molecule is CC(C)CNCC(C)Cc1c(F)cccc1Cl. The first-order chi connectivity index (χ1) is 8.00. The Hall–Kier alpha value is -0.600. The van der Waals surface area contributed by atoms with Gasteiger partial charge in [-0.25, -0.2) is 4.39 Å². The molecule has 1 N–H and O–H groups in total. The Morgan fingerprint density at radius 1 is 1.24 bits per heavy atom. The summed E-state index contributed by atoms with van der Waals surface area (Å²) in [5.74, 6) is 0.815. The van der Waals surface area contributed by atoms with E-state index in [-0.39, 0.29) is 5.82 Å². The molecule has 0 amide bonds. The van der Waals surface area contributed by atoms with Crippen molar-refractivity contribution in [1.29, 1.82) is 0 Å². The van der Waals surface area contributed by atoms with Crippen LogP contribution in [0.5, 0.6) is 0 Å². The van der Waals surface area contributed by atoms with Crippen LogP contribution in [0.2, 0.25) is 5.02 Å². The molecule has 1 rings (SSSR count). The zero-order valence-corrected chi connectivity index (χ0v) is 11.5. The van der Waals surface area contributed by atoms with Crippen molar-refractivity contribution in [3.63, 3.8) is 0 Å². The van der Waals surface area contributed by atoms with E-state index < -0.39 is 0 Å². The maximum absolute atomic E-state index is 13.6. The van der Waals surface area contributed by atoms with E-state index in [1.54, 1.807) is 12.1 Å². The molecule has 0 saturated heterocycles. The highest BCUT2D eigenvalue weighted by Crippen LogP contribution is 2.21. The molecule has 0 bridgehead atoms. The topological polar surface area (TPSA) is 12.0 Å². The largest absolute Gasteiger partial charge is 0.316 e. The summed E-state index contributed by atoms with van der Waals surface area (Å²) in [6.07, 6.45) is 0.677. The minimum absolute atomic E-state index is 0.201. The first-order valence-corrected chi connectivity index (χ1v) is 6.52. The molecule has 1 nitrogen and oxygen atoms in total. The highest BCUT2D eigenvalue weighted by Gasteiger charge is 2.11. The highest BCUT2D eigenvalue weighted by molar-refractivity contribution is 6.31. The van der Waals surface area contributed by atoms with E-state index in [1.165, 1.54) is 6.07 Å². The zero-order valence-electron chi connectivity index (χ0n) is 10.8. The molecule has 0 saturated carbocycles. The lowest BCUT2D eigenvalue weighted by Crippen LogP contribution is -2.26. The van der Waals surface area contributed by atoms with Gasteiger partial charge in [-0.2, -0.15) is 0 Å². The maximum Gasteiger partial charge on any atom is 0.127 e. The lowest BCUT2D eigenvalue weighted by molar-refractivity contribution is 0.466. The summed E-state index contributed by atoms with van der Waals surface area (Å²) in [4.78, 5) is 0. The molecule has 0 fully saturated rings. The summed E-state index contributed by atoms with van der Waals surface area (Å²) in [7, 11) is 0. The second kappa shape index (κ2) is 6.97. The molecular weight excluding hydrogens is 237 g/mol. The van der Waals surface area contributed by atoms with E-state index in [4.69, 9.17) is 11.6 Å². The third kappa shape index (κ3) is 5.05. The van der Waals surface area contributed by atoms with Crippen molar-refractivity contribution < 1.29 is 4.39 Å². The summed E-state index contributed by atoms with van der Waals surface area (Å²) >= 11 is 6.00. The molecule has 1 aromatic carbocycles. The number of halogens is 2. The molecule has 0 heterocycles. The number of benzene rings is 1. The van der Waals surface area contributed by atoms with Crippen LogP contribution in [0.3, 0.4) is 0 Å². The second-order valence-electron chi connectivity index (χ2n) is 5.06. The lowest BCUT2D eigenvalue weighted by atomic mass is 10.0. The van der Waals surface area contributed by atoms with Crippen LogP contribution in [0.25, 0.3) is 0 Å². The quantitative estimate of drug-likeness (QED) is 0.815. The van der Waals surface area contributed by atoms with Crippen LogP contribution >= 0.6 is 11.6 Å². The third-order valence-electron chi connectivity index (χ3n) is 2.66. The van der Waals surface area contributed by atoms with Gasteiger partial charge in [0.05, 0.1) is 0 Å². The summed E-state index contributed by atoms with van der Waals surface area (Å²) < 4.78 is 13.6. The molecule has 1 atom stereocenters. The van der Waals surface area contributed by atoms with Crippen molar-refractivity contribution in [3.05, 3.63) is 34.6 Å². The molecule has 0 radical (unpaired) electrons. The molecule has 0 aliphatic heterocycles. The molecule has 17 heavy (non-hydrogen) atoms. The van der Waals surface area contributed by atoms with Gasteiger partial charge in [0.15, 0.2) is 0 Å². The van der Waals surface area contributed by atoms with Gasteiger partial charge in [-0.15, -0.1) is 0 Å². The molecular formula is C14H21ClFN. The Bertz CT molecular complexity index is 332. The summed E-state index contributed by atoms with van der Waals surface area (Å²) in [5.41, 5.74) is 0.632. The molecule has 0 aliphatic rings. The first-order valence-electron chi connectivity index (χ1n) is 6.14. The van der Waals surface area contributed by atoms with Crippen LogP contribution in [0.4, 0.5) is 4.39 Å². The van der Waals surface area contributed by atoms with Gasteiger partial charge in [-0.1, -0.05) is 38.4 Å². The van der Waals surface area contributed by atoms with E-state index in [9.17, 15) is 4.39 Å². The third-order valence-corrected chi connectivity index (χ3v) is 3.01. The zero-order chi connectivity index (χ0) is 12.8. The Kier molecular flexibility index (Phi) is 5.93. The predicted octanol–water partition coefficient (Wildman–Crippen LogP) is 3.90. The Balaban J connectivity index is 2.47. The molecule has 0 spiro atoms. The van der Waals surface area contributed by atoms with Gasteiger partial charge in [0.25, 0.3) is 0 Å². The maximum atomic E-state index is 13.6. The van der Waals surface area contributed by atoms with Gasteiger partial charge in [0.2, 0.25) is 0 Å². The fourth-order valence-electron chi connectivity index (χ4n) is 1.77. The molecule has 0 aliphatic carbocycles. The number of hydrogen-bond donors (Lipinski definition) is 1. The Morgan fingerprint density at radius 3 is 2.53 bits per heavy atom. The Labute approximate surface area is 108 Å². The van der Waals surface area contributed by atoms with E-state index in [1.807, 2.05) is 0 Å². The number of hydrogen-bond acceptors (Lipinski definition) is 1. The van der Waals surface area contributed by atoms with E-state index in [0.29, 0.717) is 28.8 Å². The molecule has 3 heteroatoms. The molecule has 96 valence electrons. The van der Waals surface area contributed by atoms with E-state index in [0.717, 1.165) is 13.1 Å². The van der Waals surface area contributed by atoms with Crippen molar-refractivity contribution in [2.24, 2.45) is 11.8 Å². The average Bonchev–Trinajstić information content (AvgIpc) is 2.23. The minimum atomic E-state index is -0.201. The van der Waals surface area contributed by atoms with Crippen molar-refractivity contribution in [3.8, 4) is 0 Å². The van der Waals surface area contributed by atoms with E-state index in [2.05, 4.69) is 26.1 Å². The lowest BCUT2D eigenvalue weighted by Gasteiger charge is -2.15.